The minimum absolute atomic E-state index is 0.158. The number of aliphatic imine (C=N–C) groups is 1. The highest BCUT2D eigenvalue weighted by molar-refractivity contribution is 5.88. The Morgan fingerprint density at radius 3 is 2.51 bits per heavy atom. The van der Waals surface area contributed by atoms with Gasteiger partial charge in [0.05, 0.1) is 29.5 Å². The molecule has 0 saturated heterocycles. The number of nitrogens with two attached hydrogens (primary N) is 1. The molecule has 2 amide bonds. The number of carbonyl (C=O) groups excluding carboxylic acids is 2. The van der Waals surface area contributed by atoms with Crippen LogP contribution in [0, 0.1) is 13.8 Å². The number of anilines is 1. The lowest BCUT2D eigenvalue weighted by Crippen LogP contribution is -2.13. The molecule has 2 aromatic heterocycles. The Kier molecular flexibility index (Phi) is 10.2. The minimum Gasteiger partial charge on any atom is -0.403 e. The van der Waals surface area contributed by atoms with Crippen LogP contribution >= 0.6 is 0 Å². The molecule has 35 heavy (non-hydrogen) atoms. The third kappa shape index (κ3) is 8.81. The summed E-state index contributed by atoms with van der Waals surface area (Å²) in [6, 6.07) is 10.1. The van der Waals surface area contributed by atoms with Crippen molar-refractivity contribution in [2.24, 2.45) is 10.7 Å². The molecular formula is C26H31N7O2. The zero-order chi connectivity index (χ0) is 25.8. The third-order valence-electron chi connectivity index (χ3n) is 4.58. The zero-order valence-corrected chi connectivity index (χ0v) is 20.6. The van der Waals surface area contributed by atoms with Gasteiger partial charge in [-0.05, 0) is 51.5 Å². The van der Waals surface area contributed by atoms with Gasteiger partial charge in [-0.15, -0.1) is 0 Å². The molecule has 0 aliphatic carbocycles. The quantitative estimate of drug-likeness (QED) is 0.353. The van der Waals surface area contributed by atoms with Crippen LogP contribution in [0.15, 0.2) is 65.8 Å². The van der Waals surface area contributed by atoms with Crippen molar-refractivity contribution in [2.75, 3.05) is 5.32 Å². The molecule has 3 aromatic rings. The van der Waals surface area contributed by atoms with Crippen molar-refractivity contribution in [1.29, 1.82) is 0 Å². The molecule has 0 aliphatic heterocycles. The fraction of sp³-hybridized carbons (Fsp3) is 0.231. The van der Waals surface area contributed by atoms with E-state index in [1.807, 2.05) is 19.9 Å². The molecule has 2 heterocycles. The summed E-state index contributed by atoms with van der Waals surface area (Å²) in [5.41, 5.74) is 11.5. The van der Waals surface area contributed by atoms with Gasteiger partial charge in [-0.25, -0.2) is 9.97 Å². The summed E-state index contributed by atoms with van der Waals surface area (Å²) in [7, 11) is 0. The number of nitrogens with one attached hydrogen (secondary N) is 2. The fourth-order valence-electron chi connectivity index (χ4n) is 2.91. The van der Waals surface area contributed by atoms with E-state index in [9.17, 15) is 9.59 Å². The molecule has 0 spiro atoms. The number of aryl methyl sites for hydroxylation is 2. The summed E-state index contributed by atoms with van der Waals surface area (Å²) >= 11 is 0. The lowest BCUT2D eigenvalue weighted by atomic mass is 10.0. The second-order valence-electron chi connectivity index (χ2n) is 7.97. The predicted molar refractivity (Wildman–Crippen MR) is 140 cm³/mol. The lowest BCUT2D eigenvalue weighted by molar-refractivity contribution is -0.114. The number of benzene rings is 1. The van der Waals surface area contributed by atoms with Gasteiger partial charge in [-0.3, -0.25) is 19.6 Å². The highest BCUT2D eigenvalue weighted by Gasteiger charge is 2.08. The van der Waals surface area contributed by atoms with Crippen LogP contribution in [0.25, 0.3) is 22.5 Å². The molecule has 0 atom stereocenters. The van der Waals surface area contributed by atoms with Crippen LogP contribution in [0.3, 0.4) is 0 Å². The Morgan fingerprint density at radius 1 is 1.11 bits per heavy atom. The maximum absolute atomic E-state index is 11.2. The molecule has 182 valence electrons. The first-order chi connectivity index (χ1) is 16.7. The first-order valence-corrected chi connectivity index (χ1v) is 11.0. The van der Waals surface area contributed by atoms with Crippen molar-refractivity contribution in [3.05, 3.63) is 71.9 Å². The van der Waals surface area contributed by atoms with Crippen molar-refractivity contribution in [3.63, 3.8) is 0 Å². The second kappa shape index (κ2) is 13.3. The first-order valence-electron chi connectivity index (χ1n) is 11.0. The average molecular weight is 474 g/mol. The van der Waals surface area contributed by atoms with Gasteiger partial charge in [0, 0.05) is 42.7 Å². The Bertz CT molecular complexity index is 1220. The van der Waals surface area contributed by atoms with E-state index >= 15 is 0 Å². The lowest BCUT2D eigenvalue weighted by Gasteiger charge is -2.09. The number of hydrogen-bond acceptors (Lipinski definition) is 7. The van der Waals surface area contributed by atoms with Crippen LogP contribution in [0.2, 0.25) is 0 Å². The molecule has 0 bridgehead atoms. The monoisotopic (exact) mass is 473 g/mol. The molecule has 3 rings (SSSR count). The number of nitrogens with zero attached hydrogens (tertiary/aromatic N) is 4. The molecule has 0 fully saturated rings. The zero-order valence-electron chi connectivity index (χ0n) is 20.6. The highest BCUT2D eigenvalue weighted by atomic mass is 16.1. The number of amides is 2. The van der Waals surface area contributed by atoms with Crippen LogP contribution in [-0.2, 0) is 9.59 Å². The number of pyridine rings is 1. The molecule has 0 saturated carbocycles. The van der Waals surface area contributed by atoms with E-state index in [0.29, 0.717) is 17.9 Å². The van der Waals surface area contributed by atoms with Crippen LogP contribution in [-0.4, -0.2) is 39.5 Å². The molecule has 0 aliphatic rings. The molecule has 0 unspecified atom stereocenters. The van der Waals surface area contributed by atoms with Crippen molar-refractivity contribution in [3.8, 4) is 22.5 Å². The Balaban J connectivity index is 0.000000334. The predicted octanol–water partition coefficient (Wildman–Crippen LogP) is 3.79. The number of hydrogen-bond donors (Lipinski definition) is 3. The Morgan fingerprint density at radius 2 is 1.86 bits per heavy atom. The summed E-state index contributed by atoms with van der Waals surface area (Å²) in [4.78, 5) is 38.4. The standard InChI is InChI=1S/C19H18N4O.C7H13N3O/c1-12-4-5-13(2)16(8-12)18-11-20-10-17(23-18)15-6-7-21-19(9-15)22-14(3)24;1-6(2)9-4-7(3-8)10-5-11/h4-11H,1-3H3,(H,21,22,24);3-6H,8H2,1-2H3,(H,10,11)/b;7-3+,9-4?. The summed E-state index contributed by atoms with van der Waals surface area (Å²) < 4.78 is 0. The van der Waals surface area contributed by atoms with E-state index < -0.39 is 0 Å². The Hall–Kier alpha value is -4.40. The maximum Gasteiger partial charge on any atom is 0.222 e. The van der Waals surface area contributed by atoms with Crippen LogP contribution < -0.4 is 16.4 Å². The number of aromatic nitrogens is 3. The average Bonchev–Trinajstić information content (AvgIpc) is 2.83. The fourth-order valence-corrected chi connectivity index (χ4v) is 2.91. The molecule has 9 nitrogen and oxygen atoms in total. The van der Waals surface area contributed by atoms with Gasteiger partial charge in [0.15, 0.2) is 0 Å². The Labute approximate surface area is 205 Å². The third-order valence-corrected chi connectivity index (χ3v) is 4.58. The number of rotatable bonds is 7. The van der Waals surface area contributed by atoms with Gasteiger partial charge in [0.25, 0.3) is 0 Å². The van der Waals surface area contributed by atoms with E-state index in [0.717, 1.165) is 28.1 Å². The summed E-state index contributed by atoms with van der Waals surface area (Å²) in [5, 5.41) is 5.07. The molecular weight excluding hydrogens is 442 g/mol. The van der Waals surface area contributed by atoms with Crippen molar-refractivity contribution < 1.29 is 9.59 Å². The van der Waals surface area contributed by atoms with Gasteiger partial charge < -0.3 is 16.4 Å². The van der Waals surface area contributed by atoms with Crippen LogP contribution in [0.4, 0.5) is 5.82 Å². The first kappa shape index (κ1) is 26.8. The number of carbonyl (C=O) groups is 2. The summed E-state index contributed by atoms with van der Waals surface area (Å²) in [5.74, 6) is 0.341. The van der Waals surface area contributed by atoms with Crippen molar-refractivity contribution in [2.45, 2.75) is 40.7 Å². The smallest absolute Gasteiger partial charge is 0.222 e. The van der Waals surface area contributed by atoms with Gasteiger partial charge >= 0.3 is 0 Å². The molecule has 4 N–H and O–H groups in total. The van der Waals surface area contributed by atoms with Crippen LogP contribution in [0.1, 0.15) is 31.9 Å². The highest BCUT2D eigenvalue weighted by Crippen LogP contribution is 2.25. The maximum atomic E-state index is 11.2. The topological polar surface area (TPSA) is 135 Å². The van der Waals surface area contributed by atoms with Gasteiger partial charge in [0.1, 0.15) is 5.82 Å². The van der Waals surface area contributed by atoms with E-state index in [1.165, 1.54) is 24.9 Å². The molecule has 0 radical (unpaired) electrons. The minimum atomic E-state index is -0.158. The van der Waals surface area contributed by atoms with Crippen molar-refractivity contribution >= 4 is 24.3 Å². The van der Waals surface area contributed by atoms with E-state index in [-0.39, 0.29) is 11.9 Å². The molecule has 9 heteroatoms. The second-order valence-corrected chi connectivity index (χ2v) is 7.97. The largest absolute Gasteiger partial charge is 0.403 e. The van der Waals surface area contributed by atoms with Gasteiger partial charge in [-0.1, -0.05) is 17.7 Å². The molecule has 1 aromatic carbocycles. The van der Waals surface area contributed by atoms with E-state index in [4.69, 9.17) is 10.7 Å². The SMILES string of the molecule is CC(=O)Nc1cc(-c2cncc(-c3cc(C)ccc3C)n2)ccn1.CC(C)N=C/C(=C\N)NC=O. The van der Waals surface area contributed by atoms with Gasteiger partial charge in [0.2, 0.25) is 12.3 Å². The van der Waals surface area contributed by atoms with Gasteiger partial charge in [-0.2, -0.15) is 0 Å². The van der Waals surface area contributed by atoms with E-state index in [2.05, 4.69) is 57.6 Å². The number of allylic oxidation sites excluding steroid dienone is 1. The summed E-state index contributed by atoms with van der Waals surface area (Å²) in [6.45, 7) is 9.44. The normalized spacial score (nSPS) is 11.1. The van der Waals surface area contributed by atoms with Crippen molar-refractivity contribution in [1.82, 2.24) is 20.3 Å². The van der Waals surface area contributed by atoms with E-state index in [1.54, 1.807) is 24.7 Å². The summed E-state index contributed by atoms with van der Waals surface area (Å²) in [6.07, 6.45) is 8.50. The van der Waals surface area contributed by atoms with Crippen LogP contribution in [0.5, 0.6) is 0 Å².